The van der Waals surface area contributed by atoms with Crippen LogP contribution in [0.5, 0.6) is 0 Å². The van der Waals surface area contributed by atoms with Crippen molar-refractivity contribution in [1.82, 2.24) is 15.5 Å². The van der Waals surface area contributed by atoms with Crippen molar-refractivity contribution >= 4 is 23.1 Å². The van der Waals surface area contributed by atoms with Gasteiger partial charge >= 0.3 is 0 Å². The van der Waals surface area contributed by atoms with E-state index in [1.54, 1.807) is 6.20 Å². The summed E-state index contributed by atoms with van der Waals surface area (Å²) in [6, 6.07) is 9.52. The normalized spacial score (nSPS) is 13.9. The third-order valence-corrected chi connectivity index (χ3v) is 4.36. The van der Waals surface area contributed by atoms with Gasteiger partial charge in [-0.05, 0) is 18.2 Å². The summed E-state index contributed by atoms with van der Waals surface area (Å²) in [6.45, 7) is 4.23. The van der Waals surface area contributed by atoms with Crippen molar-refractivity contribution in [3.63, 3.8) is 0 Å². The molecule has 2 N–H and O–H groups in total. The smallest absolute Gasteiger partial charge is 0.251 e. The maximum Gasteiger partial charge on any atom is 0.251 e. The Labute approximate surface area is 159 Å². The maximum atomic E-state index is 12.3. The third kappa shape index (κ3) is 5.30. The second kappa shape index (κ2) is 9.18. The molecular weight excluding hydrogens is 344 g/mol. The Morgan fingerprint density at radius 2 is 2.04 bits per heavy atom. The second-order valence-electron chi connectivity index (χ2n) is 6.53. The van der Waals surface area contributed by atoms with Crippen LogP contribution in [0.25, 0.3) is 0 Å². The lowest BCUT2D eigenvalue weighted by molar-refractivity contribution is 0.0955. The van der Waals surface area contributed by atoms with Crippen molar-refractivity contribution in [1.29, 1.82) is 0 Å². The Morgan fingerprint density at radius 3 is 2.81 bits per heavy atom. The second-order valence-corrected chi connectivity index (χ2v) is 6.53. The highest BCUT2D eigenvalue weighted by atomic mass is 16.5. The molecule has 27 heavy (non-hydrogen) atoms. The Kier molecular flexibility index (Phi) is 6.43. The zero-order chi connectivity index (χ0) is 19.1. The number of hydrogen-bond acceptors (Lipinski definition) is 7. The number of morpholine rings is 1. The first-order valence-corrected chi connectivity index (χ1v) is 9.08. The van der Waals surface area contributed by atoms with Crippen molar-refractivity contribution in [3.05, 3.63) is 42.1 Å². The highest BCUT2D eigenvalue weighted by Gasteiger charge is 2.12. The minimum absolute atomic E-state index is 0.0892. The van der Waals surface area contributed by atoms with Gasteiger partial charge in [0.15, 0.2) is 5.82 Å². The van der Waals surface area contributed by atoms with Crippen LogP contribution >= 0.6 is 0 Å². The number of carbonyl (C=O) groups is 1. The molecule has 1 aliphatic heterocycles. The lowest BCUT2D eigenvalue weighted by Gasteiger charge is -2.28. The van der Waals surface area contributed by atoms with E-state index in [2.05, 4.69) is 25.7 Å². The number of carbonyl (C=O) groups excluding carboxylic acids is 1. The lowest BCUT2D eigenvalue weighted by Crippen LogP contribution is -2.36. The molecule has 8 nitrogen and oxygen atoms in total. The summed E-state index contributed by atoms with van der Waals surface area (Å²) in [6.07, 6.45) is 1.76. The molecule has 1 aromatic heterocycles. The summed E-state index contributed by atoms with van der Waals surface area (Å²) in [5, 5.41) is 14.3. The third-order valence-electron chi connectivity index (χ3n) is 4.36. The van der Waals surface area contributed by atoms with Crippen LogP contribution in [0.4, 0.5) is 17.2 Å². The summed E-state index contributed by atoms with van der Waals surface area (Å²) in [4.78, 5) is 16.5. The number of nitrogens with one attached hydrogen (secondary N) is 2. The Morgan fingerprint density at radius 1 is 1.22 bits per heavy atom. The fourth-order valence-electron chi connectivity index (χ4n) is 2.83. The van der Waals surface area contributed by atoms with Gasteiger partial charge in [0.1, 0.15) is 0 Å². The topological polar surface area (TPSA) is 82.6 Å². The highest BCUT2D eigenvalue weighted by Crippen LogP contribution is 2.17. The fraction of sp³-hybridized carbons (Fsp3) is 0.421. The van der Waals surface area contributed by atoms with Crippen LogP contribution in [0.3, 0.4) is 0 Å². The van der Waals surface area contributed by atoms with E-state index >= 15 is 0 Å². The Balaban J connectivity index is 1.47. The van der Waals surface area contributed by atoms with Crippen LogP contribution in [0, 0.1) is 0 Å². The maximum absolute atomic E-state index is 12.3. The molecule has 144 valence electrons. The van der Waals surface area contributed by atoms with E-state index in [-0.39, 0.29) is 5.91 Å². The average Bonchev–Trinajstić information content (AvgIpc) is 2.72. The molecule has 0 bridgehead atoms. The first kappa shape index (κ1) is 18.9. The predicted molar refractivity (Wildman–Crippen MR) is 107 cm³/mol. The fourth-order valence-corrected chi connectivity index (χ4v) is 2.83. The van der Waals surface area contributed by atoms with Gasteiger partial charge in [0.25, 0.3) is 5.91 Å². The average molecular weight is 370 g/mol. The van der Waals surface area contributed by atoms with E-state index in [4.69, 9.17) is 4.74 Å². The molecule has 1 saturated heterocycles. The predicted octanol–water partition coefficient (Wildman–Crippen LogP) is 1.22. The van der Waals surface area contributed by atoms with E-state index in [0.29, 0.717) is 24.5 Å². The summed E-state index contributed by atoms with van der Waals surface area (Å²) in [5.41, 5.74) is 2.67. The minimum atomic E-state index is -0.0892. The molecule has 2 heterocycles. The Bertz CT molecular complexity index is 761. The van der Waals surface area contributed by atoms with Gasteiger partial charge < -0.3 is 25.2 Å². The van der Waals surface area contributed by atoms with E-state index < -0.39 is 0 Å². The van der Waals surface area contributed by atoms with Crippen molar-refractivity contribution in [2.45, 2.75) is 0 Å². The van der Waals surface area contributed by atoms with Crippen LogP contribution in [0.15, 0.2) is 36.5 Å². The first-order chi connectivity index (χ1) is 13.1. The summed E-state index contributed by atoms with van der Waals surface area (Å²) < 4.78 is 5.37. The molecule has 0 unspecified atom stereocenters. The number of amides is 1. The monoisotopic (exact) mass is 370 g/mol. The van der Waals surface area contributed by atoms with Crippen LogP contribution < -0.4 is 20.4 Å². The largest absolute Gasteiger partial charge is 0.378 e. The molecule has 0 atom stereocenters. The molecule has 8 heteroatoms. The molecule has 0 saturated carbocycles. The van der Waals surface area contributed by atoms with Crippen molar-refractivity contribution < 1.29 is 9.53 Å². The van der Waals surface area contributed by atoms with Crippen LogP contribution in [0.2, 0.25) is 0 Å². The van der Waals surface area contributed by atoms with E-state index in [1.807, 2.05) is 49.3 Å². The van der Waals surface area contributed by atoms with Gasteiger partial charge in [-0.25, -0.2) is 0 Å². The quantitative estimate of drug-likeness (QED) is 0.709. The number of anilines is 3. The van der Waals surface area contributed by atoms with Crippen molar-refractivity contribution in [3.8, 4) is 0 Å². The van der Waals surface area contributed by atoms with E-state index in [0.717, 1.165) is 37.7 Å². The van der Waals surface area contributed by atoms with Crippen LogP contribution in [-0.2, 0) is 4.74 Å². The molecule has 1 aromatic carbocycles. The summed E-state index contributed by atoms with van der Waals surface area (Å²) >= 11 is 0. The molecule has 3 rings (SSSR count). The number of hydrogen-bond donors (Lipinski definition) is 2. The molecule has 1 aliphatic rings. The zero-order valence-corrected chi connectivity index (χ0v) is 15.8. The van der Waals surface area contributed by atoms with Crippen molar-refractivity contribution in [2.75, 3.05) is 68.6 Å². The molecule has 0 spiro atoms. The highest BCUT2D eigenvalue weighted by molar-refractivity contribution is 5.95. The van der Waals surface area contributed by atoms with Crippen LogP contribution in [-0.4, -0.2) is 69.6 Å². The van der Waals surface area contributed by atoms with Gasteiger partial charge in [-0.1, -0.05) is 6.07 Å². The molecular formula is C19H26N6O2. The molecule has 0 aliphatic carbocycles. The molecule has 2 aromatic rings. The van der Waals surface area contributed by atoms with Crippen molar-refractivity contribution in [2.24, 2.45) is 0 Å². The Hall–Kier alpha value is -2.87. The number of nitrogens with zero attached hydrogens (tertiary/aromatic N) is 4. The number of ether oxygens (including phenoxy) is 1. The first-order valence-electron chi connectivity index (χ1n) is 9.08. The van der Waals surface area contributed by atoms with E-state index in [1.165, 1.54) is 0 Å². The lowest BCUT2D eigenvalue weighted by atomic mass is 10.2. The SMILES string of the molecule is CN(C)c1cccc(C(=O)NCCNc2cc(N3CCOCC3)cnn2)c1. The molecule has 0 radical (unpaired) electrons. The number of rotatable bonds is 7. The van der Waals surface area contributed by atoms with Gasteiger partial charge in [0.2, 0.25) is 0 Å². The van der Waals surface area contributed by atoms with Gasteiger partial charge in [-0.15, -0.1) is 5.10 Å². The summed E-state index contributed by atoms with van der Waals surface area (Å²) in [7, 11) is 3.90. The number of benzene rings is 1. The van der Waals surface area contributed by atoms with Gasteiger partial charge in [-0.3, -0.25) is 4.79 Å². The van der Waals surface area contributed by atoms with Gasteiger partial charge in [0.05, 0.1) is 25.1 Å². The summed E-state index contributed by atoms with van der Waals surface area (Å²) in [5.74, 6) is 0.608. The van der Waals surface area contributed by atoms with Crippen LogP contribution in [0.1, 0.15) is 10.4 Å². The standard InChI is InChI=1S/C19H26N6O2/c1-24(2)16-5-3-4-15(12-16)19(26)21-7-6-20-18-13-17(14-22-23-18)25-8-10-27-11-9-25/h3-5,12-14H,6-11H2,1-2H3,(H,20,23)(H,21,26). The zero-order valence-electron chi connectivity index (χ0n) is 15.8. The van der Waals surface area contributed by atoms with Gasteiger partial charge in [0, 0.05) is 57.6 Å². The molecule has 1 amide bonds. The molecule has 1 fully saturated rings. The van der Waals surface area contributed by atoms with E-state index in [9.17, 15) is 4.79 Å². The number of aromatic nitrogens is 2. The minimum Gasteiger partial charge on any atom is -0.378 e. The van der Waals surface area contributed by atoms with Gasteiger partial charge in [-0.2, -0.15) is 5.10 Å².